The molecule has 0 aliphatic heterocycles. The van der Waals surface area contributed by atoms with E-state index in [1.807, 2.05) is 30.3 Å². The highest BCUT2D eigenvalue weighted by molar-refractivity contribution is 7.15. The topological polar surface area (TPSA) is 89.8 Å². The van der Waals surface area contributed by atoms with E-state index in [9.17, 15) is 9.59 Å². The average molecular weight is 395 g/mol. The quantitative estimate of drug-likeness (QED) is 0.715. The Balaban J connectivity index is 1.44. The minimum Gasteiger partial charge on any atom is -0.299 e. The molecule has 1 saturated carbocycles. The molecule has 0 unspecified atom stereocenters. The molecule has 0 atom stereocenters. The number of benzene rings is 1. The highest BCUT2D eigenvalue weighted by Gasteiger charge is 2.20. The second-order valence-electron chi connectivity index (χ2n) is 6.91. The van der Waals surface area contributed by atoms with Crippen molar-refractivity contribution in [3.8, 4) is 11.3 Å². The number of nitrogens with one attached hydrogen (secondary N) is 1. The lowest BCUT2D eigenvalue weighted by Crippen LogP contribution is -2.29. The third kappa shape index (κ3) is 4.33. The van der Waals surface area contributed by atoms with E-state index in [1.54, 1.807) is 6.07 Å². The summed E-state index contributed by atoms with van der Waals surface area (Å²) >= 11 is 1.42. The van der Waals surface area contributed by atoms with Gasteiger partial charge in [0.05, 0.1) is 5.69 Å². The minimum absolute atomic E-state index is 0.169. The number of hydrogen-bond acceptors (Lipinski definition) is 6. The lowest BCUT2D eigenvalue weighted by molar-refractivity contribution is -0.117. The number of hydrogen-bond donors (Lipinski definition) is 1. The summed E-state index contributed by atoms with van der Waals surface area (Å²) in [4.78, 5) is 24.5. The third-order valence-electron chi connectivity index (χ3n) is 4.87. The largest absolute Gasteiger partial charge is 0.299 e. The minimum atomic E-state index is -0.342. The fourth-order valence-electron chi connectivity index (χ4n) is 3.42. The van der Waals surface area contributed by atoms with E-state index in [2.05, 4.69) is 20.6 Å². The van der Waals surface area contributed by atoms with Gasteiger partial charge in [0, 0.05) is 17.5 Å². The first kappa shape index (κ1) is 18.5. The van der Waals surface area contributed by atoms with Crippen LogP contribution >= 0.6 is 11.3 Å². The standard InChI is InChI=1S/C20H21N5O2S/c26-17(21-20-23-22-19(28-20)15-9-5-2-6-10-15)13-25-18(27)12-11-16(24-25)14-7-3-1-4-8-14/h1,3-4,7-8,11-12,15H,2,5-6,9-10,13H2,(H,21,23,26). The summed E-state index contributed by atoms with van der Waals surface area (Å²) in [7, 11) is 0. The molecule has 3 aromatic rings. The van der Waals surface area contributed by atoms with Crippen LogP contribution in [0, 0.1) is 0 Å². The van der Waals surface area contributed by atoms with Crippen LogP contribution in [0.15, 0.2) is 47.3 Å². The van der Waals surface area contributed by atoms with Gasteiger partial charge < -0.3 is 0 Å². The van der Waals surface area contributed by atoms with E-state index in [4.69, 9.17) is 0 Å². The van der Waals surface area contributed by atoms with E-state index in [0.717, 1.165) is 23.4 Å². The molecule has 2 aromatic heterocycles. The van der Waals surface area contributed by atoms with Gasteiger partial charge >= 0.3 is 0 Å². The average Bonchev–Trinajstić information content (AvgIpc) is 3.19. The van der Waals surface area contributed by atoms with Gasteiger partial charge in [0.1, 0.15) is 11.6 Å². The van der Waals surface area contributed by atoms with Crippen molar-refractivity contribution in [3.05, 3.63) is 57.8 Å². The van der Waals surface area contributed by atoms with Gasteiger partial charge in [0.2, 0.25) is 11.0 Å². The van der Waals surface area contributed by atoms with E-state index in [0.29, 0.717) is 16.7 Å². The predicted octanol–water partition coefficient (Wildman–Crippen LogP) is 3.45. The Morgan fingerprint density at radius 1 is 1.07 bits per heavy atom. The van der Waals surface area contributed by atoms with Crippen LogP contribution in [0.2, 0.25) is 0 Å². The van der Waals surface area contributed by atoms with Crippen molar-refractivity contribution < 1.29 is 4.79 Å². The molecule has 1 aliphatic carbocycles. The van der Waals surface area contributed by atoms with Crippen LogP contribution in [0.3, 0.4) is 0 Å². The van der Waals surface area contributed by atoms with Crippen molar-refractivity contribution in [1.29, 1.82) is 0 Å². The molecule has 1 fully saturated rings. The zero-order valence-corrected chi connectivity index (χ0v) is 16.2. The maximum absolute atomic E-state index is 12.4. The number of nitrogens with zero attached hydrogens (tertiary/aromatic N) is 4. The van der Waals surface area contributed by atoms with Crippen molar-refractivity contribution in [2.24, 2.45) is 0 Å². The summed E-state index contributed by atoms with van der Waals surface area (Å²) in [6.45, 7) is -0.169. The molecular weight excluding hydrogens is 374 g/mol. The lowest BCUT2D eigenvalue weighted by Gasteiger charge is -2.18. The molecule has 7 nitrogen and oxygen atoms in total. The van der Waals surface area contributed by atoms with Crippen LogP contribution in [-0.4, -0.2) is 25.9 Å². The second kappa shape index (κ2) is 8.43. The fraction of sp³-hybridized carbons (Fsp3) is 0.350. The zero-order chi connectivity index (χ0) is 19.3. The summed E-state index contributed by atoms with van der Waals surface area (Å²) in [5.74, 6) is 0.106. The molecule has 0 spiro atoms. The first-order valence-corrected chi connectivity index (χ1v) is 10.3. The fourth-order valence-corrected chi connectivity index (χ4v) is 4.35. The van der Waals surface area contributed by atoms with Gasteiger partial charge in [-0.15, -0.1) is 10.2 Å². The molecule has 1 amide bonds. The van der Waals surface area contributed by atoms with Crippen LogP contribution in [0.1, 0.15) is 43.0 Å². The van der Waals surface area contributed by atoms with Crippen molar-refractivity contribution in [2.45, 2.75) is 44.6 Å². The molecule has 0 bridgehead atoms. The zero-order valence-electron chi connectivity index (χ0n) is 15.4. The number of rotatable bonds is 5. The van der Waals surface area contributed by atoms with E-state index >= 15 is 0 Å². The smallest absolute Gasteiger partial charge is 0.267 e. The molecule has 8 heteroatoms. The van der Waals surface area contributed by atoms with Gasteiger partial charge in [-0.05, 0) is 18.9 Å². The van der Waals surface area contributed by atoms with E-state index in [-0.39, 0.29) is 18.0 Å². The second-order valence-corrected chi connectivity index (χ2v) is 7.92. The summed E-state index contributed by atoms with van der Waals surface area (Å²) < 4.78 is 1.17. The summed E-state index contributed by atoms with van der Waals surface area (Å²) in [6.07, 6.45) is 5.99. The van der Waals surface area contributed by atoms with Crippen molar-refractivity contribution in [1.82, 2.24) is 20.0 Å². The third-order valence-corrected chi connectivity index (χ3v) is 5.87. The number of aromatic nitrogens is 4. The van der Waals surface area contributed by atoms with Gasteiger partial charge in [0.25, 0.3) is 5.56 Å². The van der Waals surface area contributed by atoms with Crippen LogP contribution in [-0.2, 0) is 11.3 Å². The Bertz CT molecular complexity index is 1010. The van der Waals surface area contributed by atoms with Gasteiger partial charge in [-0.2, -0.15) is 5.10 Å². The predicted molar refractivity (Wildman–Crippen MR) is 108 cm³/mol. The Labute approximate surface area is 166 Å². The van der Waals surface area contributed by atoms with Crippen LogP contribution in [0.25, 0.3) is 11.3 Å². The Morgan fingerprint density at radius 3 is 2.64 bits per heavy atom. The molecule has 0 radical (unpaired) electrons. The molecule has 1 aromatic carbocycles. The van der Waals surface area contributed by atoms with Gasteiger partial charge in [-0.25, -0.2) is 4.68 Å². The summed E-state index contributed by atoms with van der Waals surface area (Å²) in [5, 5.41) is 16.8. The number of anilines is 1. The SMILES string of the molecule is O=C(Cn1nc(-c2ccccc2)ccc1=O)Nc1nnc(C2CCCCC2)s1. The first-order chi connectivity index (χ1) is 13.7. The molecule has 1 N–H and O–H groups in total. The molecule has 144 valence electrons. The number of amides is 1. The van der Waals surface area contributed by atoms with Crippen molar-refractivity contribution in [2.75, 3.05) is 5.32 Å². The summed E-state index contributed by atoms with van der Waals surface area (Å²) in [6, 6.07) is 12.6. The van der Waals surface area contributed by atoms with Gasteiger partial charge in [-0.3, -0.25) is 14.9 Å². The van der Waals surface area contributed by atoms with E-state index < -0.39 is 0 Å². The van der Waals surface area contributed by atoms with E-state index in [1.165, 1.54) is 41.3 Å². The molecule has 2 heterocycles. The lowest BCUT2D eigenvalue weighted by atomic mass is 9.90. The van der Waals surface area contributed by atoms with Gasteiger partial charge in [-0.1, -0.05) is 60.9 Å². The number of carbonyl (C=O) groups excluding carboxylic acids is 1. The Morgan fingerprint density at radius 2 is 1.86 bits per heavy atom. The molecular formula is C20H21N5O2S. The normalized spacial score (nSPS) is 14.7. The summed E-state index contributed by atoms with van der Waals surface area (Å²) in [5.41, 5.74) is 1.20. The number of carbonyl (C=O) groups is 1. The Hall–Kier alpha value is -2.87. The molecule has 28 heavy (non-hydrogen) atoms. The van der Waals surface area contributed by atoms with Crippen LogP contribution in [0.4, 0.5) is 5.13 Å². The molecule has 1 aliphatic rings. The van der Waals surface area contributed by atoms with Crippen molar-refractivity contribution >= 4 is 22.4 Å². The maximum atomic E-state index is 12.4. The first-order valence-electron chi connectivity index (χ1n) is 9.46. The van der Waals surface area contributed by atoms with Crippen molar-refractivity contribution in [3.63, 3.8) is 0 Å². The highest BCUT2D eigenvalue weighted by atomic mass is 32.1. The molecule has 0 saturated heterocycles. The van der Waals surface area contributed by atoms with Crippen LogP contribution < -0.4 is 10.9 Å². The maximum Gasteiger partial charge on any atom is 0.267 e. The molecule has 4 rings (SSSR count). The highest BCUT2D eigenvalue weighted by Crippen LogP contribution is 2.35. The van der Waals surface area contributed by atoms with Gasteiger partial charge in [0.15, 0.2) is 0 Å². The van der Waals surface area contributed by atoms with Crippen LogP contribution in [0.5, 0.6) is 0 Å². The monoisotopic (exact) mass is 395 g/mol. The Kier molecular flexibility index (Phi) is 5.57.